The Morgan fingerprint density at radius 2 is 2.31 bits per heavy atom. The maximum absolute atomic E-state index is 11.4. The first-order chi connectivity index (χ1) is 6.11. The lowest BCUT2D eigenvalue weighted by atomic mass is 10.3. The molecule has 1 heterocycles. The molecule has 1 amide bonds. The monoisotopic (exact) mass is 197 g/mol. The van der Waals surface area contributed by atoms with Crippen LogP contribution in [0, 0.1) is 6.92 Å². The molecule has 0 spiro atoms. The number of nitrogens with one attached hydrogen (secondary N) is 1. The Labute approximate surface area is 80.8 Å². The van der Waals surface area contributed by atoms with Crippen molar-refractivity contribution < 1.29 is 4.79 Å². The number of nitrogens with zero attached hydrogens (tertiary/aromatic N) is 2. The van der Waals surface area contributed by atoms with Crippen molar-refractivity contribution in [3.8, 4) is 0 Å². The number of rotatable bonds is 2. The fraction of sp³-hybridized carbons (Fsp3) is 0.375. The van der Waals surface area contributed by atoms with E-state index in [0.717, 1.165) is 11.4 Å². The van der Waals surface area contributed by atoms with E-state index in [9.17, 15) is 4.79 Å². The predicted octanol–water partition coefficient (Wildman–Crippen LogP) is 1.58. The maximum Gasteiger partial charge on any atom is 0.274 e. The van der Waals surface area contributed by atoms with Crippen LogP contribution in [-0.2, 0) is 0 Å². The van der Waals surface area contributed by atoms with Crippen LogP contribution < -0.4 is 5.43 Å². The second kappa shape index (κ2) is 4.13. The molecule has 1 aromatic heterocycles. The topological polar surface area (TPSA) is 54.4 Å². The van der Waals surface area contributed by atoms with Gasteiger partial charge in [-0.25, -0.2) is 5.43 Å². The number of carbonyl (C=O) groups excluding carboxylic acids is 1. The van der Waals surface area contributed by atoms with Crippen molar-refractivity contribution in [3.63, 3.8) is 0 Å². The van der Waals surface area contributed by atoms with Crippen LogP contribution in [0.15, 0.2) is 10.5 Å². The van der Waals surface area contributed by atoms with Crippen molar-refractivity contribution in [2.24, 2.45) is 5.10 Å². The molecule has 70 valence electrons. The number of hydrogen-bond acceptors (Lipinski definition) is 4. The van der Waals surface area contributed by atoms with E-state index < -0.39 is 0 Å². The summed E-state index contributed by atoms with van der Waals surface area (Å²) in [7, 11) is 0. The predicted molar refractivity (Wildman–Crippen MR) is 53.1 cm³/mol. The van der Waals surface area contributed by atoms with E-state index in [1.807, 2.05) is 13.8 Å². The van der Waals surface area contributed by atoms with E-state index in [1.54, 1.807) is 12.3 Å². The number of hydrazone groups is 1. The number of hydrogen-bond donors (Lipinski definition) is 1. The SMILES string of the molecule is CC(C)=NNC(=O)c1csnc1C. The number of aromatic nitrogens is 1. The quantitative estimate of drug-likeness (QED) is 0.578. The summed E-state index contributed by atoms with van der Waals surface area (Å²) < 4.78 is 4.00. The van der Waals surface area contributed by atoms with Crippen LogP contribution in [0.2, 0.25) is 0 Å². The highest BCUT2D eigenvalue weighted by molar-refractivity contribution is 7.03. The van der Waals surface area contributed by atoms with Gasteiger partial charge >= 0.3 is 0 Å². The summed E-state index contributed by atoms with van der Waals surface area (Å²) >= 11 is 1.27. The first kappa shape index (κ1) is 9.85. The highest BCUT2D eigenvalue weighted by atomic mass is 32.1. The number of aryl methyl sites for hydroxylation is 1. The highest BCUT2D eigenvalue weighted by Gasteiger charge is 2.09. The maximum atomic E-state index is 11.4. The van der Waals surface area contributed by atoms with Gasteiger partial charge in [-0.3, -0.25) is 4.79 Å². The molecule has 0 bridgehead atoms. The summed E-state index contributed by atoms with van der Waals surface area (Å²) in [5.41, 5.74) is 4.59. The minimum Gasteiger partial charge on any atom is -0.267 e. The molecule has 0 saturated carbocycles. The van der Waals surface area contributed by atoms with E-state index in [2.05, 4.69) is 14.9 Å². The molecule has 1 aromatic rings. The zero-order valence-electron chi connectivity index (χ0n) is 7.79. The Hall–Kier alpha value is -1.23. The third-order valence-corrected chi connectivity index (χ3v) is 2.10. The zero-order valence-corrected chi connectivity index (χ0v) is 8.60. The van der Waals surface area contributed by atoms with Gasteiger partial charge in [-0.05, 0) is 32.3 Å². The van der Waals surface area contributed by atoms with Gasteiger partial charge in [0.15, 0.2) is 0 Å². The van der Waals surface area contributed by atoms with Crippen molar-refractivity contribution in [2.45, 2.75) is 20.8 Å². The molecule has 0 aliphatic rings. The van der Waals surface area contributed by atoms with Crippen molar-refractivity contribution in [1.29, 1.82) is 0 Å². The summed E-state index contributed by atoms with van der Waals surface area (Å²) in [6, 6.07) is 0. The first-order valence-corrected chi connectivity index (χ1v) is 4.67. The summed E-state index contributed by atoms with van der Waals surface area (Å²) in [5, 5.41) is 5.53. The lowest BCUT2D eigenvalue weighted by molar-refractivity contribution is 0.0954. The minimum absolute atomic E-state index is 0.201. The molecule has 13 heavy (non-hydrogen) atoms. The summed E-state index contributed by atoms with van der Waals surface area (Å²) in [5.74, 6) is -0.201. The van der Waals surface area contributed by atoms with Gasteiger partial charge in [0.25, 0.3) is 5.91 Å². The Morgan fingerprint density at radius 1 is 1.62 bits per heavy atom. The minimum atomic E-state index is -0.201. The molecule has 0 aromatic carbocycles. The van der Waals surface area contributed by atoms with Crippen molar-refractivity contribution in [1.82, 2.24) is 9.80 Å². The van der Waals surface area contributed by atoms with Gasteiger partial charge < -0.3 is 0 Å². The second-order valence-electron chi connectivity index (χ2n) is 2.81. The van der Waals surface area contributed by atoms with Crippen LogP contribution >= 0.6 is 11.5 Å². The largest absolute Gasteiger partial charge is 0.274 e. The zero-order chi connectivity index (χ0) is 9.84. The fourth-order valence-electron chi connectivity index (χ4n) is 0.733. The molecular weight excluding hydrogens is 186 g/mol. The van der Waals surface area contributed by atoms with Crippen molar-refractivity contribution in [3.05, 3.63) is 16.6 Å². The molecular formula is C8H11N3OS. The normalized spacial score (nSPS) is 9.46. The van der Waals surface area contributed by atoms with E-state index in [-0.39, 0.29) is 5.91 Å². The van der Waals surface area contributed by atoms with Crippen LogP contribution in [0.4, 0.5) is 0 Å². The molecule has 0 atom stereocenters. The Balaban J connectivity index is 2.70. The Kier molecular flexibility index (Phi) is 3.13. The van der Waals surface area contributed by atoms with Crippen LogP contribution in [0.1, 0.15) is 29.9 Å². The molecule has 0 fully saturated rings. The van der Waals surface area contributed by atoms with Crippen LogP contribution in [0.25, 0.3) is 0 Å². The molecule has 0 aliphatic heterocycles. The first-order valence-electron chi connectivity index (χ1n) is 3.83. The van der Waals surface area contributed by atoms with Crippen LogP contribution in [0.3, 0.4) is 0 Å². The average Bonchev–Trinajstić information content (AvgIpc) is 2.47. The van der Waals surface area contributed by atoms with Crippen molar-refractivity contribution >= 4 is 23.2 Å². The smallest absolute Gasteiger partial charge is 0.267 e. The van der Waals surface area contributed by atoms with Gasteiger partial charge in [0, 0.05) is 11.1 Å². The molecule has 5 heteroatoms. The lowest BCUT2D eigenvalue weighted by Crippen LogP contribution is -2.18. The van der Waals surface area contributed by atoms with E-state index >= 15 is 0 Å². The summed E-state index contributed by atoms with van der Waals surface area (Å²) in [4.78, 5) is 11.4. The van der Waals surface area contributed by atoms with Crippen molar-refractivity contribution in [2.75, 3.05) is 0 Å². The summed E-state index contributed by atoms with van der Waals surface area (Å²) in [6.07, 6.45) is 0. The van der Waals surface area contributed by atoms with Crippen LogP contribution in [-0.4, -0.2) is 16.0 Å². The molecule has 1 rings (SSSR count). The second-order valence-corrected chi connectivity index (χ2v) is 3.44. The lowest BCUT2D eigenvalue weighted by Gasteiger charge is -1.97. The summed E-state index contributed by atoms with van der Waals surface area (Å²) in [6.45, 7) is 5.44. The van der Waals surface area contributed by atoms with Gasteiger partial charge in [0.2, 0.25) is 0 Å². The molecule has 0 aliphatic carbocycles. The van der Waals surface area contributed by atoms with E-state index in [1.165, 1.54) is 11.5 Å². The number of carbonyl (C=O) groups is 1. The number of amides is 1. The molecule has 1 N–H and O–H groups in total. The average molecular weight is 197 g/mol. The standard InChI is InChI=1S/C8H11N3OS/c1-5(2)9-10-8(12)7-4-13-11-6(7)3/h4H,1-3H3,(H,10,12). The molecule has 4 nitrogen and oxygen atoms in total. The molecule has 0 saturated heterocycles. The highest BCUT2D eigenvalue weighted by Crippen LogP contribution is 2.08. The Morgan fingerprint density at radius 3 is 2.77 bits per heavy atom. The third-order valence-electron chi connectivity index (χ3n) is 1.38. The molecule has 0 radical (unpaired) electrons. The third kappa shape index (κ3) is 2.62. The Bertz CT molecular complexity index is 339. The van der Waals surface area contributed by atoms with Gasteiger partial charge in [-0.1, -0.05) is 0 Å². The fourth-order valence-corrected chi connectivity index (χ4v) is 1.43. The van der Waals surface area contributed by atoms with E-state index in [4.69, 9.17) is 0 Å². The molecule has 0 unspecified atom stereocenters. The van der Waals surface area contributed by atoms with Gasteiger partial charge in [0.1, 0.15) is 0 Å². The van der Waals surface area contributed by atoms with Gasteiger partial charge in [-0.15, -0.1) is 0 Å². The van der Waals surface area contributed by atoms with E-state index in [0.29, 0.717) is 5.56 Å². The van der Waals surface area contributed by atoms with Gasteiger partial charge in [0.05, 0.1) is 11.3 Å². The van der Waals surface area contributed by atoms with Crippen LogP contribution in [0.5, 0.6) is 0 Å². The van der Waals surface area contributed by atoms with Gasteiger partial charge in [-0.2, -0.15) is 9.47 Å².